The van der Waals surface area contributed by atoms with E-state index in [-0.39, 0.29) is 0 Å². The summed E-state index contributed by atoms with van der Waals surface area (Å²) >= 11 is 0. The van der Waals surface area contributed by atoms with Crippen LogP contribution in [0.3, 0.4) is 0 Å². The normalized spacial score (nSPS) is 18.6. The molecule has 0 amide bonds. The summed E-state index contributed by atoms with van der Waals surface area (Å²) in [5.74, 6) is 1.12. The Bertz CT molecular complexity index is 317. The molecule has 1 saturated heterocycles. The van der Waals surface area contributed by atoms with E-state index in [0.29, 0.717) is 11.7 Å². The van der Waals surface area contributed by atoms with Crippen molar-refractivity contribution >= 4 is 5.82 Å². The monoisotopic (exact) mass is 178 g/mol. The van der Waals surface area contributed by atoms with Gasteiger partial charge in [0, 0.05) is 19.0 Å². The zero-order valence-corrected chi connectivity index (χ0v) is 7.99. The number of hydrogen-bond donors (Lipinski definition) is 1. The van der Waals surface area contributed by atoms with Crippen molar-refractivity contribution in [3.63, 3.8) is 0 Å². The Balaban J connectivity index is 2.24. The summed E-state index contributed by atoms with van der Waals surface area (Å²) in [6.45, 7) is 4.19. The van der Waals surface area contributed by atoms with E-state index in [9.17, 15) is 0 Å². The fraction of sp³-hybridized carbons (Fsp3) is 0.556. The SMILES string of the molecule is Cc1nnc(N)cc1C1CN(C)C1. The molecule has 0 saturated carbocycles. The van der Waals surface area contributed by atoms with Gasteiger partial charge in [0.25, 0.3) is 0 Å². The summed E-state index contributed by atoms with van der Waals surface area (Å²) in [6.07, 6.45) is 0. The smallest absolute Gasteiger partial charge is 0.146 e. The fourth-order valence-electron chi connectivity index (χ4n) is 1.79. The highest BCUT2D eigenvalue weighted by Gasteiger charge is 2.26. The van der Waals surface area contributed by atoms with Gasteiger partial charge in [0.15, 0.2) is 0 Å². The van der Waals surface area contributed by atoms with E-state index >= 15 is 0 Å². The summed E-state index contributed by atoms with van der Waals surface area (Å²) in [6, 6.07) is 1.94. The number of nitrogens with two attached hydrogens (primary N) is 1. The molecule has 13 heavy (non-hydrogen) atoms. The standard InChI is InChI=1S/C9H14N4/c1-6-8(3-9(10)12-11-6)7-4-13(2)5-7/h3,7H,4-5H2,1-2H3,(H2,10,12). The fourth-order valence-corrected chi connectivity index (χ4v) is 1.79. The van der Waals surface area contributed by atoms with Crippen LogP contribution in [-0.2, 0) is 0 Å². The van der Waals surface area contributed by atoms with E-state index in [2.05, 4.69) is 22.1 Å². The molecule has 0 atom stereocenters. The van der Waals surface area contributed by atoms with E-state index in [1.54, 1.807) is 0 Å². The first-order valence-electron chi connectivity index (χ1n) is 4.45. The molecule has 2 rings (SSSR count). The van der Waals surface area contributed by atoms with E-state index in [0.717, 1.165) is 18.8 Å². The first-order chi connectivity index (χ1) is 6.16. The maximum Gasteiger partial charge on any atom is 0.146 e. The molecule has 4 nitrogen and oxygen atoms in total. The molecule has 1 aromatic rings. The summed E-state index contributed by atoms with van der Waals surface area (Å²) in [7, 11) is 2.11. The molecule has 4 heteroatoms. The molecule has 1 aliphatic rings. The van der Waals surface area contributed by atoms with Crippen molar-refractivity contribution in [2.75, 3.05) is 25.9 Å². The minimum absolute atomic E-state index is 0.523. The highest BCUT2D eigenvalue weighted by Crippen LogP contribution is 2.27. The highest BCUT2D eigenvalue weighted by molar-refractivity contribution is 5.36. The molecular formula is C9H14N4. The summed E-state index contributed by atoms with van der Waals surface area (Å²) in [4.78, 5) is 2.28. The molecule has 0 aromatic carbocycles. The molecule has 0 aliphatic carbocycles. The van der Waals surface area contributed by atoms with Gasteiger partial charge in [-0.2, -0.15) is 5.10 Å². The Morgan fingerprint density at radius 2 is 2.15 bits per heavy atom. The number of aryl methyl sites for hydroxylation is 1. The zero-order chi connectivity index (χ0) is 9.42. The Hall–Kier alpha value is -1.16. The van der Waals surface area contributed by atoms with Crippen molar-refractivity contribution in [1.29, 1.82) is 0 Å². The summed E-state index contributed by atoms with van der Waals surface area (Å²) in [5, 5.41) is 7.83. The van der Waals surface area contributed by atoms with Crippen molar-refractivity contribution in [3.05, 3.63) is 17.3 Å². The number of anilines is 1. The van der Waals surface area contributed by atoms with Gasteiger partial charge in [-0.3, -0.25) is 0 Å². The lowest BCUT2D eigenvalue weighted by molar-refractivity contribution is 0.189. The van der Waals surface area contributed by atoms with Gasteiger partial charge in [-0.05, 0) is 25.6 Å². The molecule has 1 fully saturated rings. The second-order valence-corrected chi connectivity index (χ2v) is 3.73. The highest BCUT2D eigenvalue weighted by atomic mass is 15.2. The number of nitrogens with zero attached hydrogens (tertiary/aromatic N) is 3. The van der Waals surface area contributed by atoms with Crippen LogP contribution < -0.4 is 5.73 Å². The van der Waals surface area contributed by atoms with Gasteiger partial charge in [-0.15, -0.1) is 5.10 Å². The lowest BCUT2D eigenvalue weighted by Gasteiger charge is -2.36. The van der Waals surface area contributed by atoms with E-state index < -0.39 is 0 Å². The minimum Gasteiger partial charge on any atom is -0.382 e. The second kappa shape index (κ2) is 2.96. The van der Waals surface area contributed by atoms with E-state index in [1.165, 1.54) is 5.56 Å². The molecule has 0 radical (unpaired) electrons. The van der Waals surface area contributed by atoms with Gasteiger partial charge in [0.2, 0.25) is 0 Å². The van der Waals surface area contributed by atoms with Gasteiger partial charge in [-0.25, -0.2) is 0 Å². The van der Waals surface area contributed by atoms with Crippen LogP contribution in [0.2, 0.25) is 0 Å². The summed E-state index contributed by atoms with van der Waals surface area (Å²) in [5.41, 5.74) is 7.85. The third kappa shape index (κ3) is 1.49. The number of hydrogen-bond acceptors (Lipinski definition) is 4. The van der Waals surface area contributed by atoms with Crippen LogP contribution in [-0.4, -0.2) is 35.2 Å². The predicted molar refractivity (Wildman–Crippen MR) is 51.4 cm³/mol. The zero-order valence-electron chi connectivity index (χ0n) is 7.99. The lowest BCUT2D eigenvalue weighted by atomic mass is 9.91. The second-order valence-electron chi connectivity index (χ2n) is 3.73. The van der Waals surface area contributed by atoms with Crippen LogP contribution in [0.4, 0.5) is 5.82 Å². The maximum absolute atomic E-state index is 5.59. The molecule has 70 valence electrons. The van der Waals surface area contributed by atoms with Gasteiger partial charge in [-0.1, -0.05) is 0 Å². The quantitative estimate of drug-likeness (QED) is 0.676. The van der Waals surface area contributed by atoms with Crippen LogP contribution in [0.1, 0.15) is 17.2 Å². The largest absolute Gasteiger partial charge is 0.382 e. The third-order valence-electron chi connectivity index (χ3n) is 2.54. The Morgan fingerprint density at radius 3 is 2.77 bits per heavy atom. The van der Waals surface area contributed by atoms with Crippen LogP contribution >= 0.6 is 0 Å². The average Bonchev–Trinajstić information content (AvgIpc) is 2.04. The minimum atomic E-state index is 0.523. The third-order valence-corrected chi connectivity index (χ3v) is 2.54. The van der Waals surface area contributed by atoms with Crippen LogP contribution in [0.15, 0.2) is 6.07 Å². The first kappa shape index (κ1) is 8.44. The number of likely N-dealkylation sites (tertiary alicyclic amines) is 1. The van der Waals surface area contributed by atoms with E-state index in [1.807, 2.05) is 13.0 Å². The van der Waals surface area contributed by atoms with Crippen molar-refractivity contribution in [2.24, 2.45) is 0 Å². The molecule has 0 unspecified atom stereocenters. The van der Waals surface area contributed by atoms with Crippen molar-refractivity contribution in [3.8, 4) is 0 Å². The number of likely N-dealkylation sites (N-methyl/N-ethyl adjacent to an activating group) is 1. The van der Waals surface area contributed by atoms with Crippen LogP contribution in [0.5, 0.6) is 0 Å². The summed E-state index contributed by atoms with van der Waals surface area (Å²) < 4.78 is 0. The Labute approximate surface area is 77.8 Å². The first-order valence-corrected chi connectivity index (χ1v) is 4.45. The number of aromatic nitrogens is 2. The molecule has 1 aromatic heterocycles. The molecule has 1 aliphatic heterocycles. The molecule has 0 bridgehead atoms. The van der Waals surface area contributed by atoms with Crippen molar-refractivity contribution < 1.29 is 0 Å². The van der Waals surface area contributed by atoms with Crippen molar-refractivity contribution in [1.82, 2.24) is 15.1 Å². The Morgan fingerprint density at radius 1 is 1.46 bits per heavy atom. The van der Waals surface area contributed by atoms with Crippen LogP contribution in [0, 0.1) is 6.92 Å². The van der Waals surface area contributed by atoms with Crippen molar-refractivity contribution in [2.45, 2.75) is 12.8 Å². The average molecular weight is 178 g/mol. The lowest BCUT2D eigenvalue weighted by Crippen LogP contribution is -2.42. The molecular weight excluding hydrogens is 164 g/mol. The maximum atomic E-state index is 5.59. The predicted octanol–water partition coefficient (Wildman–Crippen LogP) is 0.396. The topological polar surface area (TPSA) is 55.0 Å². The number of rotatable bonds is 1. The van der Waals surface area contributed by atoms with Gasteiger partial charge in [0.05, 0.1) is 5.69 Å². The van der Waals surface area contributed by atoms with E-state index in [4.69, 9.17) is 5.73 Å². The molecule has 0 spiro atoms. The molecule has 2 N–H and O–H groups in total. The Kier molecular flexibility index (Phi) is 1.92. The van der Waals surface area contributed by atoms with Gasteiger partial charge >= 0.3 is 0 Å². The van der Waals surface area contributed by atoms with Gasteiger partial charge < -0.3 is 10.6 Å². The van der Waals surface area contributed by atoms with Crippen LogP contribution in [0.25, 0.3) is 0 Å². The van der Waals surface area contributed by atoms with Gasteiger partial charge in [0.1, 0.15) is 5.82 Å². The molecule has 2 heterocycles. The number of nitrogen functional groups attached to an aromatic ring is 1.